The molecule has 0 aliphatic heterocycles. The predicted octanol–water partition coefficient (Wildman–Crippen LogP) is 3.44. The average molecular weight is 262 g/mol. The van der Waals surface area contributed by atoms with Crippen molar-refractivity contribution in [3.63, 3.8) is 0 Å². The van der Waals surface area contributed by atoms with Crippen molar-refractivity contribution in [2.24, 2.45) is 0 Å². The summed E-state index contributed by atoms with van der Waals surface area (Å²) < 4.78 is 0. The molecule has 0 fully saturated rings. The SMILES string of the molecule is CSCCC(C)N(C)Cc1ccc(C#N)cc1C. The van der Waals surface area contributed by atoms with Crippen LogP contribution in [0.4, 0.5) is 0 Å². The first kappa shape index (κ1) is 15.1. The molecule has 0 heterocycles. The Labute approximate surface area is 115 Å². The van der Waals surface area contributed by atoms with Gasteiger partial charge in [0.15, 0.2) is 0 Å². The Morgan fingerprint density at radius 1 is 1.44 bits per heavy atom. The standard InChI is InChI=1S/C15H22N2S/c1-12-9-14(10-16)5-6-15(12)11-17(3)13(2)7-8-18-4/h5-6,9,13H,7-8,11H2,1-4H3. The fourth-order valence-electron chi connectivity index (χ4n) is 1.88. The molecule has 0 radical (unpaired) electrons. The molecular formula is C15H22N2S. The summed E-state index contributed by atoms with van der Waals surface area (Å²) >= 11 is 1.90. The van der Waals surface area contributed by atoms with Crippen LogP contribution in [0.25, 0.3) is 0 Å². The number of hydrogen-bond donors (Lipinski definition) is 0. The summed E-state index contributed by atoms with van der Waals surface area (Å²) in [4.78, 5) is 2.38. The maximum atomic E-state index is 8.86. The van der Waals surface area contributed by atoms with Crippen LogP contribution in [0.15, 0.2) is 18.2 Å². The van der Waals surface area contributed by atoms with Gasteiger partial charge in [0.05, 0.1) is 11.6 Å². The Hall–Kier alpha value is -0.980. The third-order valence-electron chi connectivity index (χ3n) is 3.38. The zero-order valence-corrected chi connectivity index (χ0v) is 12.5. The highest BCUT2D eigenvalue weighted by Gasteiger charge is 2.10. The van der Waals surface area contributed by atoms with Gasteiger partial charge in [-0.2, -0.15) is 17.0 Å². The van der Waals surface area contributed by atoms with Gasteiger partial charge < -0.3 is 0 Å². The van der Waals surface area contributed by atoms with Crippen molar-refractivity contribution in [3.05, 3.63) is 34.9 Å². The molecule has 0 aliphatic rings. The number of rotatable bonds is 6. The van der Waals surface area contributed by atoms with Crippen molar-refractivity contribution in [2.75, 3.05) is 19.1 Å². The normalized spacial score (nSPS) is 12.4. The van der Waals surface area contributed by atoms with E-state index in [1.54, 1.807) is 0 Å². The summed E-state index contributed by atoms with van der Waals surface area (Å²) in [6.07, 6.45) is 3.37. The Kier molecular flexibility index (Phi) is 6.24. The first-order valence-electron chi connectivity index (χ1n) is 6.27. The van der Waals surface area contributed by atoms with Crippen LogP contribution in [-0.4, -0.2) is 30.0 Å². The lowest BCUT2D eigenvalue weighted by Crippen LogP contribution is -2.29. The van der Waals surface area contributed by atoms with Gasteiger partial charge in [-0.25, -0.2) is 0 Å². The van der Waals surface area contributed by atoms with Crippen molar-refractivity contribution < 1.29 is 0 Å². The summed E-state index contributed by atoms with van der Waals surface area (Å²) in [6, 6.07) is 8.72. The lowest BCUT2D eigenvalue weighted by Gasteiger charge is -2.25. The molecule has 0 aliphatic carbocycles. The second kappa shape index (κ2) is 7.45. The second-order valence-electron chi connectivity index (χ2n) is 4.80. The molecule has 1 aromatic carbocycles. The Balaban J connectivity index is 2.64. The van der Waals surface area contributed by atoms with Crippen LogP contribution in [-0.2, 0) is 6.54 Å². The monoisotopic (exact) mass is 262 g/mol. The van der Waals surface area contributed by atoms with Gasteiger partial charge in [-0.1, -0.05) is 6.07 Å². The molecule has 0 N–H and O–H groups in total. The third-order valence-corrected chi connectivity index (χ3v) is 4.03. The maximum absolute atomic E-state index is 8.86. The molecule has 0 saturated carbocycles. The number of nitrogens with zero attached hydrogens (tertiary/aromatic N) is 2. The molecular weight excluding hydrogens is 240 g/mol. The van der Waals surface area contributed by atoms with Gasteiger partial charge in [-0.3, -0.25) is 4.90 Å². The summed E-state index contributed by atoms with van der Waals surface area (Å²) in [5.74, 6) is 1.21. The minimum Gasteiger partial charge on any atom is -0.299 e. The molecule has 1 rings (SSSR count). The van der Waals surface area contributed by atoms with Crippen molar-refractivity contribution >= 4 is 11.8 Å². The van der Waals surface area contributed by atoms with E-state index in [2.05, 4.69) is 44.2 Å². The molecule has 0 saturated heterocycles. The highest BCUT2D eigenvalue weighted by Crippen LogP contribution is 2.15. The van der Waals surface area contributed by atoms with Crippen molar-refractivity contribution in [1.29, 1.82) is 5.26 Å². The molecule has 1 atom stereocenters. The highest BCUT2D eigenvalue weighted by molar-refractivity contribution is 7.98. The van der Waals surface area contributed by atoms with Crippen LogP contribution in [0.3, 0.4) is 0 Å². The van der Waals surface area contributed by atoms with E-state index in [0.717, 1.165) is 12.1 Å². The van der Waals surface area contributed by atoms with Gasteiger partial charge in [0, 0.05) is 12.6 Å². The molecule has 0 aromatic heterocycles. The molecule has 2 nitrogen and oxygen atoms in total. The van der Waals surface area contributed by atoms with Crippen LogP contribution in [0.5, 0.6) is 0 Å². The topological polar surface area (TPSA) is 27.0 Å². The summed E-state index contributed by atoms with van der Waals surface area (Å²) in [6.45, 7) is 5.30. The first-order valence-corrected chi connectivity index (χ1v) is 7.66. The summed E-state index contributed by atoms with van der Waals surface area (Å²) in [5.41, 5.74) is 3.26. The highest BCUT2D eigenvalue weighted by atomic mass is 32.2. The fraction of sp³-hybridized carbons (Fsp3) is 0.533. The molecule has 98 valence electrons. The molecule has 1 unspecified atom stereocenters. The van der Waals surface area contributed by atoms with E-state index in [1.165, 1.54) is 23.3 Å². The lowest BCUT2D eigenvalue weighted by molar-refractivity contribution is 0.244. The second-order valence-corrected chi connectivity index (χ2v) is 5.78. The molecule has 18 heavy (non-hydrogen) atoms. The Bertz CT molecular complexity index is 423. The van der Waals surface area contributed by atoms with E-state index in [1.807, 2.05) is 23.9 Å². The summed E-state index contributed by atoms with van der Waals surface area (Å²) in [5, 5.41) is 8.86. The van der Waals surface area contributed by atoms with Gasteiger partial charge in [-0.05, 0) is 62.6 Å². The smallest absolute Gasteiger partial charge is 0.0991 e. The molecule has 0 amide bonds. The lowest BCUT2D eigenvalue weighted by atomic mass is 10.0. The number of aryl methyl sites for hydroxylation is 1. The van der Waals surface area contributed by atoms with Crippen LogP contribution < -0.4 is 0 Å². The quantitative estimate of drug-likeness (QED) is 0.786. The Morgan fingerprint density at radius 2 is 2.17 bits per heavy atom. The van der Waals surface area contributed by atoms with Gasteiger partial charge in [0.1, 0.15) is 0 Å². The minimum atomic E-state index is 0.590. The number of nitriles is 1. The van der Waals surface area contributed by atoms with Gasteiger partial charge in [-0.15, -0.1) is 0 Å². The van der Waals surface area contributed by atoms with Gasteiger partial charge in [0.25, 0.3) is 0 Å². The van der Waals surface area contributed by atoms with Crippen molar-refractivity contribution in [1.82, 2.24) is 4.90 Å². The average Bonchev–Trinajstić information content (AvgIpc) is 2.38. The Morgan fingerprint density at radius 3 is 2.72 bits per heavy atom. The van der Waals surface area contributed by atoms with Crippen LogP contribution in [0.2, 0.25) is 0 Å². The van der Waals surface area contributed by atoms with Crippen LogP contribution in [0.1, 0.15) is 30.0 Å². The fourth-order valence-corrected chi connectivity index (χ4v) is 2.45. The van der Waals surface area contributed by atoms with E-state index < -0.39 is 0 Å². The third kappa shape index (κ3) is 4.36. The van der Waals surface area contributed by atoms with E-state index in [-0.39, 0.29) is 0 Å². The largest absolute Gasteiger partial charge is 0.299 e. The van der Waals surface area contributed by atoms with Crippen molar-refractivity contribution in [3.8, 4) is 6.07 Å². The predicted molar refractivity (Wildman–Crippen MR) is 79.8 cm³/mol. The van der Waals surface area contributed by atoms with E-state index in [4.69, 9.17) is 5.26 Å². The molecule has 1 aromatic rings. The molecule has 0 bridgehead atoms. The number of hydrogen-bond acceptors (Lipinski definition) is 3. The van der Waals surface area contributed by atoms with Crippen molar-refractivity contribution in [2.45, 2.75) is 32.9 Å². The maximum Gasteiger partial charge on any atom is 0.0991 e. The van der Waals surface area contributed by atoms with E-state index in [9.17, 15) is 0 Å². The summed E-state index contributed by atoms with van der Waals surface area (Å²) in [7, 11) is 2.17. The number of thioether (sulfide) groups is 1. The van der Waals surface area contributed by atoms with Gasteiger partial charge in [0.2, 0.25) is 0 Å². The minimum absolute atomic E-state index is 0.590. The van der Waals surface area contributed by atoms with Crippen LogP contribution in [0, 0.1) is 18.3 Å². The van der Waals surface area contributed by atoms with E-state index >= 15 is 0 Å². The zero-order valence-electron chi connectivity index (χ0n) is 11.7. The first-order chi connectivity index (χ1) is 8.58. The zero-order chi connectivity index (χ0) is 13.5. The molecule has 0 spiro atoms. The van der Waals surface area contributed by atoms with E-state index in [0.29, 0.717) is 6.04 Å². The number of benzene rings is 1. The van der Waals surface area contributed by atoms with Gasteiger partial charge >= 0.3 is 0 Å². The van der Waals surface area contributed by atoms with Crippen LogP contribution >= 0.6 is 11.8 Å². The molecule has 3 heteroatoms.